The molecule has 0 bridgehead atoms. The molecule has 0 saturated carbocycles. The van der Waals surface area contributed by atoms with Crippen molar-refractivity contribution in [2.75, 3.05) is 6.61 Å². The van der Waals surface area contributed by atoms with Crippen molar-refractivity contribution in [3.05, 3.63) is 67.6 Å². The van der Waals surface area contributed by atoms with Crippen LogP contribution >= 0.6 is 27.5 Å². The zero-order chi connectivity index (χ0) is 19.6. The van der Waals surface area contributed by atoms with Crippen LogP contribution in [0, 0.1) is 6.92 Å². The number of carboxylic acids is 1. The molecule has 0 saturated heterocycles. The number of benzene rings is 2. The van der Waals surface area contributed by atoms with E-state index in [1.54, 1.807) is 37.3 Å². The minimum atomic E-state index is -1.11. The number of aliphatic carboxylic acids is 1. The lowest BCUT2D eigenvalue weighted by Gasteiger charge is -2.08. The van der Waals surface area contributed by atoms with Crippen LogP contribution in [0.4, 0.5) is 0 Å². The number of hydrogen-bond donors (Lipinski definition) is 1. The highest BCUT2D eigenvalue weighted by atomic mass is 79.9. The normalized spacial score (nSPS) is 11.2. The molecule has 1 aromatic heterocycles. The van der Waals surface area contributed by atoms with Crippen molar-refractivity contribution >= 4 is 50.6 Å². The number of aromatic nitrogens is 2. The summed E-state index contributed by atoms with van der Waals surface area (Å²) in [7, 11) is 0. The summed E-state index contributed by atoms with van der Waals surface area (Å²) < 4.78 is 7.15. The van der Waals surface area contributed by atoms with Gasteiger partial charge in [-0.2, -0.15) is 9.78 Å². The van der Waals surface area contributed by atoms with Crippen molar-refractivity contribution < 1.29 is 14.6 Å². The molecule has 0 spiro atoms. The Morgan fingerprint density at radius 3 is 2.89 bits per heavy atom. The topological polar surface area (TPSA) is 93.8 Å². The molecule has 2 aromatic carbocycles. The molecular weight excluding hydrogens is 438 g/mol. The minimum Gasteiger partial charge on any atom is -0.481 e. The van der Waals surface area contributed by atoms with E-state index in [4.69, 9.17) is 21.4 Å². The van der Waals surface area contributed by atoms with Crippen molar-refractivity contribution in [2.24, 2.45) is 5.10 Å². The zero-order valence-corrected chi connectivity index (χ0v) is 16.4. The zero-order valence-electron chi connectivity index (χ0n) is 14.0. The minimum absolute atomic E-state index is 0.285. The summed E-state index contributed by atoms with van der Waals surface area (Å²) in [6.45, 7) is 1.16. The molecule has 3 aromatic rings. The van der Waals surface area contributed by atoms with Gasteiger partial charge in [-0.05, 0) is 43.3 Å². The largest absolute Gasteiger partial charge is 0.481 e. The molecule has 3 rings (SSSR count). The standard InChI is InChI=1S/C18H13BrClN3O4/c1-10-22-15-4-2-12(19)7-14(15)18(26)23(10)21-8-11-6-13(20)3-5-16(11)27-9-17(24)25/h2-8H,9H2,1H3,(H,24,25). The number of hydrogen-bond acceptors (Lipinski definition) is 5. The number of rotatable bonds is 5. The van der Waals surface area contributed by atoms with Crippen molar-refractivity contribution in [1.82, 2.24) is 9.66 Å². The fourth-order valence-corrected chi connectivity index (χ4v) is 2.95. The van der Waals surface area contributed by atoms with Crippen LogP contribution in [0.1, 0.15) is 11.4 Å². The molecule has 27 heavy (non-hydrogen) atoms. The van der Waals surface area contributed by atoms with Crippen LogP contribution in [-0.4, -0.2) is 33.6 Å². The number of aryl methyl sites for hydroxylation is 1. The van der Waals surface area contributed by atoms with E-state index in [1.165, 1.54) is 12.3 Å². The SMILES string of the molecule is Cc1nc2ccc(Br)cc2c(=O)n1N=Cc1cc(Cl)ccc1OCC(=O)O. The van der Waals surface area contributed by atoms with Crippen LogP contribution in [0.2, 0.25) is 5.02 Å². The number of fused-ring (bicyclic) bond motifs is 1. The highest BCUT2D eigenvalue weighted by Crippen LogP contribution is 2.22. The van der Waals surface area contributed by atoms with Crippen LogP contribution < -0.4 is 10.3 Å². The Balaban J connectivity index is 2.05. The highest BCUT2D eigenvalue weighted by Gasteiger charge is 2.09. The molecule has 0 aliphatic rings. The van der Waals surface area contributed by atoms with E-state index in [0.717, 1.165) is 9.15 Å². The summed E-state index contributed by atoms with van der Waals surface area (Å²) in [6.07, 6.45) is 1.38. The van der Waals surface area contributed by atoms with Crippen LogP contribution in [-0.2, 0) is 4.79 Å². The fourth-order valence-electron chi connectivity index (χ4n) is 2.41. The average molecular weight is 451 g/mol. The summed E-state index contributed by atoms with van der Waals surface area (Å²) in [5, 5.41) is 13.8. The third kappa shape index (κ3) is 4.35. The molecule has 0 amide bonds. The van der Waals surface area contributed by atoms with Gasteiger partial charge in [-0.25, -0.2) is 9.78 Å². The quantitative estimate of drug-likeness (QED) is 0.601. The predicted molar refractivity (Wildman–Crippen MR) is 106 cm³/mol. The molecule has 0 radical (unpaired) electrons. The maximum atomic E-state index is 12.7. The van der Waals surface area contributed by atoms with Gasteiger partial charge in [0.25, 0.3) is 5.56 Å². The van der Waals surface area contributed by atoms with Crippen molar-refractivity contribution in [1.29, 1.82) is 0 Å². The van der Waals surface area contributed by atoms with Gasteiger partial charge in [-0.3, -0.25) is 4.79 Å². The lowest BCUT2D eigenvalue weighted by atomic mass is 10.2. The van der Waals surface area contributed by atoms with E-state index >= 15 is 0 Å². The molecule has 1 N–H and O–H groups in total. The molecule has 0 unspecified atom stereocenters. The first kappa shape index (κ1) is 19.1. The first-order chi connectivity index (χ1) is 12.8. The number of ether oxygens (including phenoxy) is 1. The Bertz CT molecular complexity index is 1130. The van der Waals surface area contributed by atoms with Crippen LogP contribution in [0.25, 0.3) is 10.9 Å². The van der Waals surface area contributed by atoms with Gasteiger partial charge in [0, 0.05) is 15.1 Å². The fraction of sp³-hybridized carbons (Fsp3) is 0.111. The van der Waals surface area contributed by atoms with Gasteiger partial charge in [0.15, 0.2) is 6.61 Å². The van der Waals surface area contributed by atoms with Gasteiger partial charge in [0.2, 0.25) is 0 Å². The first-order valence-corrected chi connectivity index (χ1v) is 8.89. The van der Waals surface area contributed by atoms with Gasteiger partial charge in [-0.1, -0.05) is 27.5 Å². The second-order valence-corrected chi connectivity index (χ2v) is 6.90. The third-order valence-corrected chi connectivity index (χ3v) is 4.33. The van der Waals surface area contributed by atoms with Crippen molar-refractivity contribution in [3.8, 4) is 5.75 Å². The maximum absolute atomic E-state index is 12.7. The molecule has 138 valence electrons. The molecule has 7 nitrogen and oxygen atoms in total. The van der Waals surface area contributed by atoms with E-state index in [-0.39, 0.29) is 11.3 Å². The second-order valence-electron chi connectivity index (χ2n) is 5.55. The number of carboxylic acid groups (broad SMARTS) is 1. The van der Waals surface area contributed by atoms with Crippen LogP contribution in [0.5, 0.6) is 5.75 Å². The van der Waals surface area contributed by atoms with E-state index in [9.17, 15) is 9.59 Å². The molecule has 0 aliphatic heterocycles. The van der Waals surface area contributed by atoms with E-state index in [2.05, 4.69) is 26.0 Å². The number of carbonyl (C=O) groups is 1. The average Bonchev–Trinajstić information content (AvgIpc) is 2.61. The first-order valence-electron chi connectivity index (χ1n) is 7.72. The Morgan fingerprint density at radius 1 is 1.37 bits per heavy atom. The molecule has 1 heterocycles. The highest BCUT2D eigenvalue weighted by molar-refractivity contribution is 9.10. The Labute approximate surface area is 167 Å². The lowest BCUT2D eigenvalue weighted by molar-refractivity contribution is -0.139. The van der Waals surface area contributed by atoms with E-state index in [1.807, 2.05) is 0 Å². The molecule has 0 atom stereocenters. The maximum Gasteiger partial charge on any atom is 0.341 e. The van der Waals surface area contributed by atoms with Gasteiger partial charge in [0.1, 0.15) is 11.6 Å². The van der Waals surface area contributed by atoms with Crippen LogP contribution in [0.15, 0.2) is 50.8 Å². The summed E-state index contributed by atoms with van der Waals surface area (Å²) in [5.74, 6) is -0.418. The molecular formula is C18H13BrClN3O4. The van der Waals surface area contributed by atoms with Gasteiger partial charge in [-0.15, -0.1) is 0 Å². The summed E-state index contributed by atoms with van der Waals surface area (Å²) >= 11 is 9.34. The van der Waals surface area contributed by atoms with Gasteiger partial charge in [0.05, 0.1) is 17.1 Å². The Morgan fingerprint density at radius 2 is 2.15 bits per heavy atom. The Hall–Kier alpha value is -2.71. The molecule has 0 fully saturated rings. The monoisotopic (exact) mass is 449 g/mol. The van der Waals surface area contributed by atoms with E-state index in [0.29, 0.717) is 27.3 Å². The van der Waals surface area contributed by atoms with Crippen molar-refractivity contribution in [2.45, 2.75) is 6.92 Å². The smallest absolute Gasteiger partial charge is 0.341 e. The van der Waals surface area contributed by atoms with Crippen LogP contribution in [0.3, 0.4) is 0 Å². The molecule has 0 aliphatic carbocycles. The van der Waals surface area contributed by atoms with Gasteiger partial charge < -0.3 is 9.84 Å². The third-order valence-electron chi connectivity index (χ3n) is 3.61. The predicted octanol–water partition coefficient (Wildman–Crippen LogP) is 3.47. The lowest BCUT2D eigenvalue weighted by Crippen LogP contribution is -2.20. The van der Waals surface area contributed by atoms with Gasteiger partial charge >= 0.3 is 5.97 Å². The van der Waals surface area contributed by atoms with E-state index < -0.39 is 12.6 Å². The second kappa shape index (κ2) is 7.89. The summed E-state index contributed by atoms with van der Waals surface area (Å²) in [4.78, 5) is 27.9. The Kier molecular flexibility index (Phi) is 5.57. The number of halogens is 2. The summed E-state index contributed by atoms with van der Waals surface area (Å²) in [5.41, 5.74) is 0.676. The number of nitrogens with zero attached hydrogens (tertiary/aromatic N) is 3. The van der Waals surface area contributed by atoms with Crippen molar-refractivity contribution in [3.63, 3.8) is 0 Å². The molecule has 9 heteroatoms. The summed E-state index contributed by atoms with van der Waals surface area (Å²) in [6, 6.07) is 9.90.